The number of rotatable bonds is 6. The van der Waals surface area contributed by atoms with Gasteiger partial charge >= 0.3 is 0 Å². The molecule has 0 radical (unpaired) electrons. The quantitative estimate of drug-likeness (QED) is 0.287. The third-order valence-electron chi connectivity index (χ3n) is 3.90. The van der Waals surface area contributed by atoms with Crippen LogP contribution in [0.25, 0.3) is 11.4 Å². The lowest BCUT2D eigenvalue weighted by molar-refractivity contribution is -0.385. The lowest BCUT2D eigenvalue weighted by Gasteiger charge is -2.06. The molecule has 1 heterocycles. The van der Waals surface area contributed by atoms with E-state index in [2.05, 4.69) is 10.2 Å². The second-order valence-corrected chi connectivity index (χ2v) is 6.74. The third-order valence-corrected chi connectivity index (χ3v) is 4.89. The normalized spacial score (nSPS) is 10.7. The minimum atomic E-state index is -0.721. The highest BCUT2D eigenvalue weighted by Gasteiger charge is 2.18. The average Bonchev–Trinajstić information content (AvgIpc) is 3.01. The molecule has 3 rings (SSSR count). The molecule has 0 spiro atoms. The number of thioether (sulfide) groups is 1. The average molecular weight is 384 g/mol. The molecule has 0 bridgehead atoms. The standard InChI is InChI=1S/C17H16N6O3S/c1-10-2-4-11(5-3-10)16-20-21-17(22(16)19)27-9-13-7-6-12(15(18)24)8-14(13)23(25)26/h2-8H,9,19H2,1H3,(H2,18,24). The predicted molar refractivity (Wildman–Crippen MR) is 102 cm³/mol. The Balaban J connectivity index is 1.82. The molecule has 4 N–H and O–H groups in total. The highest BCUT2D eigenvalue weighted by molar-refractivity contribution is 7.98. The number of amides is 1. The summed E-state index contributed by atoms with van der Waals surface area (Å²) < 4.78 is 1.35. The predicted octanol–water partition coefficient (Wildman–Crippen LogP) is 2.27. The van der Waals surface area contributed by atoms with Gasteiger partial charge in [-0.15, -0.1) is 10.2 Å². The zero-order valence-corrected chi connectivity index (χ0v) is 15.1. The monoisotopic (exact) mass is 384 g/mol. The molecule has 0 atom stereocenters. The van der Waals surface area contributed by atoms with Crippen LogP contribution in [0.15, 0.2) is 47.6 Å². The first kappa shape index (κ1) is 18.4. The maximum atomic E-state index is 11.3. The number of hydrogen-bond acceptors (Lipinski definition) is 7. The SMILES string of the molecule is Cc1ccc(-c2nnc(SCc3ccc(C(N)=O)cc3[N+](=O)[O-])n2N)cc1. The number of nitrogens with zero attached hydrogens (tertiary/aromatic N) is 4. The minimum absolute atomic E-state index is 0.0825. The number of nitro groups is 1. The molecule has 3 aromatic rings. The molecule has 0 fully saturated rings. The van der Waals surface area contributed by atoms with Crippen molar-refractivity contribution in [2.75, 3.05) is 5.84 Å². The van der Waals surface area contributed by atoms with Crippen molar-refractivity contribution in [2.24, 2.45) is 5.73 Å². The van der Waals surface area contributed by atoms with Gasteiger partial charge in [-0.1, -0.05) is 47.7 Å². The molecule has 1 amide bonds. The Hall–Kier alpha value is -3.40. The Labute approximate surface area is 158 Å². The zero-order valence-electron chi connectivity index (χ0n) is 14.3. The van der Waals surface area contributed by atoms with Crippen LogP contribution in [0, 0.1) is 17.0 Å². The summed E-state index contributed by atoms with van der Waals surface area (Å²) >= 11 is 1.21. The molecule has 10 heteroatoms. The molecule has 138 valence electrons. The molecule has 2 aromatic carbocycles. The van der Waals surface area contributed by atoms with Gasteiger partial charge in [0.25, 0.3) is 5.69 Å². The Kier molecular flexibility index (Phi) is 5.08. The van der Waals surface area contributed by atoms with Crippen LogP contribution in [0.5, 0.6) is 0 Å². The molecule has 1 aromatic heterocycles. The second-order valence-electron chi connectivity index (χ2n) is 5.80. The van der Waals surface area contributed by atoms with Crippen LogP contribution in [-0.2, 0) is 5.75 Å². The van der Waals surface area contributed by atoms with E-state index in [1.807, 2.05) is 31.2 Å². The fourth-order valence-corrected chi connectivity index (χ4v) is 3.28. The van der Waals surface area contributed by atoms with Crippen molar-refractivity contribution in [3.63, 3.8) is 0 Å². The maximum Gasteiger partial charge on any atom is 0.274 e. The molecule has 0 saturated heterocycles. The van der Waals surface area contributed by atoms with Gasteiger partial charge in [0.05, 0.1) is 4.92 Å². The van der Waals surface area contributed by atoms with Crippen molar-refractivity contribution in [2.45, 2.75) is 17.8 Å². The van der Waals surface area contributed by atoms with Crippen LogP contribution in [0.4, 0.5) is 5.69 Å². The Morgan fingerprint density at radius 3 is 2.56 bits per heavy atom. The minimum Gasteiger partial charge on any atom is -0.366 e. The maximum absolute atomic E-state index is 11.3. The summed E-state index contributed by atoms with van der Waals surface area (Å²) in [4.78, 5) is 22.0. The van der Waals surface area contributed by atoms with E-state index in [4.69, 9.17) is 11.6 Å². The lowest BCUT2D eigenvalue weighted by Crippen LogP contribution is -2.12. The first-order valence-electron chi connectivity index (χ1n) is 7.84. The number of primary amides is 1. The number of aryl methyl sites for hydroxylation is 1. The van der Waals surface area contributed by atoms with Crippen molar-refractivity contribution in [1.82, 2.24) is 14.9 Å². The van der Waals surface area contributed by atoms with Crippen molar-refractivity contribution in [3.05, 3.63) is 69.3 Å². The molecule has 0 aliphatic rings. The number of aromatic nitrogens is 3. The molecule has 0 aliphatic carbocycles. The summed E-state index contributed by atoms with van der Waals surface area (Å²) in [7, 11) is 0. The summed E-state index contributed by atoms with van der Waals surface area (Å²) in [6.07, 6.45) is 0. The Morgan fingerprint density at radius 2 is 1.93 bits per heavy atom. The summed E-state index contributed by atoms with van der Waals surface area (Å²) in [5.74, 6) is 6.09. The van der Waals surface area contributed by atoms with Crippen molar-refractivity contribution >= 4 is 23.4 Å². The molecular formula is C17H16N6O3S. The highest BCUT2D eigenvalue weighted by atomic mass is 32.2. The van der Waals surface area contributed by atoms with Crippen molar-refractivity contribution in [3.8, 4) is 11.4 Å². The van der Waals surface area contributed by atoms with Gasteiger partial charge in [-0.05, 0) is 13.0 Å². The van der Waals surface area contributed by atoms with Crippen LogP contribution in [0.3, 0.4) is 0 Å². The third kappa shape index (κ3) is 3.90. The summed E-state index contributed by atoms with van der Waals surface area (Å²) in [5.41, 5.74) is 7.44. The van der Waals surface area contributed by atoms with Crippen LogP contribution in [-0.4, -0.2) is 25.7 Å². The molecule has 27 heavy (non-hydrogen) atoms. The van der Waals surface area contributed by atoms with Gasteiger partial charge in [-0.3, -0.25) is 14.9 Å². The summed E-state index contributed by atoms with van der Waals surface area (Å²) in [5, 5.41) is 19.8. The number of benzene rings is 2. The van der Waals surface area contributed by atoms with Crippen LogP contribution < -0.4 is 11.6 Å². The smallest absolute Gasteiger partial charge is 0.274 e. The van der Waals surface area contributed by atoms with Crippen LogP contribution >= 0.6 is 11.8 Å². The number of nitrogens with two attached hydrogens (primary N) is 2. The number of nitrogen functional groups attached to an aromatic ring is 1. The van der Waals surface area contributed by atoms with Gasteiger partial charge in [-0.25, -0.2) is 4.68 Å². The number of hydrogen-bond donors (Lipinski definition) is 2. The van der Waals surface area contributed by atoms with Crippen LogP contribution in [0.2, 0.25) is 0 Å². The van der Waals surface area contributed by atoms with E-state index in [-0.39, 0.29) is 17.0 Å². The molecule has 9 nitrogen and oxygen atoms in total. The summed E-state index contributed by atoms with van der Waals surface area (Å²) in [6.45, 7) is 1.98. The number of carbonyl (C=O) groups is 1. The fourth-order valence-electron chi connectivity index (χ4n) is 2.43. The van der Waals surface area contributed by atoms with E-state index >= 15 is 0 Å². The zero-order chi connectivity index (χ0) is 19.6. The van der Waals surface area contributed by atoms with Gasteiger partial charge in [0.15, 0.2) is 5.82 Å². The van der Waals surface area contributed by atoms with E-state index in [9.17, 15) is 14.9 Å². The fraction of sp³-hybridized carbons (Fsp3) is 0.118. The first-order chi connectivity index (χ1) is 12.9. The Morgan fingerprint density at radius 1 is 1.22 bits per heavy atom. The van der Waals surface area contributed by atoms with E-state index in [1.54, 1.807) is 0 Å². The molecule has 0 aliphatic heterocycles. The van der Waals surface area contributed by atoms with Crippen LogP contribution in [0.1, 0.15) is 21.5 Å². The van der Waals surface area contributed by atoms with E-state index in [1.165, 1.54) is 34.6 Å². The first-order valence-corrected chi connectivity index (χ1v) is 8.83. The van der Waals surface area contributed by atoms with Gasteiger partial charge in [0.2, 0.25) is 11.1 Å². The largest absolute Gasteiger partial charge is 0.366 e. The summed E-state index contributed by atoms with van der Waals surface area (Å²) in [6, 6.07) is 11.8. The highest BCUT2D eigenvalue weighted by Crippen LogP contribution is 2.29. The van der Waals surface area contributed by atoms with E-state index < -0.39 is 10.8 Å². The lowest BCUT2D eigenvalue weighted by atomic mass is 10.1. The van der Waals surface area contributed by atoms with Crippen molar-refractivity contribution < 1.29 is 9.72 Å². The van der Waals surface area contributed by atoms with Gasteiger partial charge in [0, 0.05) is 28.5 Å². The topological polar surface area (TPSA) is 143 Å². The van der Waals surface area contributed by atoms with Gasteiger partial charge < -0.3 is 11.6 Å². The Bertz CT molecular complexity index is 1020. The number of nitro benzene ring substituents is 1. The molecular weight excluding hydrogens is 368 g/mol. The molecule has 0 unspecified atom stereocenters. The van der Waals surface area contributed by atoms with Gasteiger partial charge in [0.1, 0.15) is 0 Å². The van der Waals surface area contributed by atoms with Gasteiger partial charge in [-0.2, -0.15) is 0 Å². The van der Waals surface area contributed by atoms with E-state index in [0.29, 0.717) is 16.5 Å². The number of carbonyl (C=O) groups excluding carboxylic acids is 1. The van der Waals surface area contributed by atoms with Crippen molar-refractivity contribution in [1.29, 1.82) is 0 Å². The molecule has 0 saturated carbocycles. The van der Waals surface area contributed by atoms with E-state index in [0.717, 1.165) is 11.1 Å². The second kappa shape index (κ2) is 7.46.